The van der Waals surface area contributed by atoms with E-state index in [1.807, 2.05) is 31.2 Å². The highest BCUT2D eigenvalue weighted by Crippen LogP contribution is 2.23. The Balaban J connectivity index is 1.49. The first-order valence-electron chi connectivity index (χ1n) is 7.94. The van der Waals surface area contributed by atoms with Crippen molar-refractivity contribution in [1.29, 1.82) is 0 Å². The predicted molar refractivity (Wildman–Crippen MR) is 98.5 cm³/mol. The fraction of sp³-hybridized carbons (Fsp3) is 0.111. The van der Waals surface area contributed by atoms with Crippen LogP contribution in [0, 0.1) is 0 Å². The molecule has 4 aromatic rings. The number of amides is 1. The van der Waals surface area contributed by atoms with Gasteiger partial charge in [0, 0.05) is 11.1 Å². The maximum absolute atomic E-state index is 12.4. The molecule has 0 fully saturated rings. The standard InChI is InChI=1S/C18H14N4O3S/c1-2-24-13-6-3-11(4-7-13)17-21-22-18(25-17)20-16(23)12-5-8-14-15(9-12)26-10-19-14/h3-10H,2H2,1H3,(H,20,22,23). The zero-order valence-electron chi connectivity index (χ0n) is 13.8. The van der Waals surface area contributed by atoms with Crippen molar-refractivity contribution in [3.05, 3.63) is 53.5 Å². The summed E-state index contributed by atoms with van der Waals surface area (Å²) >= 11 is 1.48. The van der Waals surface area contributed by atoms with Gasteiger partial charge in [0.25, 0.3) is 5.91 Å². The molecule has 2 aromatic carbocycles. The molecule has 0 unspecified atom stereocenters. The molecule has 1 amide bonds. The molecule has 1 N–H and O–H groups in total. The summed E-state index contributed by atoms with van der Waals surface area (Å²) in [5, 5.41) is 10.5. The average Bonchev–Trinajstić information content (AvgIpc) is 3.31. The van der Waals surface area contributed by atoms with Crippen LogP contribution in [-0.4, -0.2) is 27.7 Å². The number of ether oxygens (including phenoxy) is 1. The Morgan fingerprint density at radius 3 is 2.85 bits per heavy atom. The molecule has 0 aliphatic rings. The Bertz CT molecular complexity index is 1060. The molecule has 26 heavy (non-hydrogen) atoms. The molecule has 7 nitrogen and oxygen atoms in total. The predicted octanol–water partition coefficient (Wildman–Crippen LogP) is 4.00. The van der Waals surface area contributed by atoms with Gasteiger partial charge in [-0.15, -0.1) is 16.4 Å². The van der Waals surface area contributed by atoms with Crippen LogP contribution in [0.5, 0.6) is 5.75 Å². The van der Waals surface area contributed by atoms with Gasteiger partial charge in [0.1, 0.15) is 5.75 Å². The Morgan fingerprint density at radius 1 is 1.19 bits per heavy atom. The summed E-state index contributed by atoms with van der Waals surface area (Å²) in [6.07, 6.45) is 0. The molecule has 0 bridgehead atoms. The van der Waals surface area contributed by atoms with Gasteiger partial charge in [-0.2, -0.15) is 0 Å². The SMILES string of the molecule is CCOc1ccc(-c2nnc(NC(=O)c3ccc4ncsc4c3)o2)cc1. The third-order valence-electron chi connectivity index (χ3n) is 3.65. The highest BCUT2D eigenvalue weighted by molar-refractivity contribution is 7.16. The van der Waals surface area contributed by atoms with Crippen LogP contribution in [0.1, 0.15) is 17.3 Å². The summed E-state index contributed by atoms with van der Waals surface area (Å²) in [6, 6.07) is 12.6. The summed E-state index contributed by atoms with van der Waals surface area (Å²) in [5.74, 6) is 0.770. The minimum atomic E-state index is -0.317. The number of anilines is 1. The van der Waals surface area contributed by atoms with E-state index >= 15 is 0 Å². The van der Waals surface area contributed by atoms with Gasteiger partial charge in [-0.1, -0.05) is 5.10 Å². The van der Waals surface area contributed by atoms with Crippen LogP contribution >= 0.6 is 11.3 Å². The number of hydrogen-bond donors (Lipinski definition) is 1. The van der Waals surface area contributed by atoms with Crippen molar-refractivity contribution < 1.29 is 13.9 Å². The molecule has 130 valence electrons. The van der Waals surface area contributed by atoms with E-state index in [2.05, 4.69) is 20.5 Å². The third-order valence-corrected chi connectivity index (χ3v) is 4.44. The lowest BCUT2D eigenvalue weighted by Gasteiger charge is -2.02. The number of aromatic nitrogens is 3. The van der Waals surface area contributed by atoms with Crippen LogP contribution < -0.4 is 10.1 Å². The van der Waals surface area contributed by atoms with E-state index in [0.29, 0.717) is 18.1 Å². The second-order valence-corrected chi connectivity index (χ2v) is 6.25. The molecule has 0 spiro atoms. The van der Waals surface area contributed by atoms with E-state index < -0.39 is 0 Å². The summed E-state index contributed by atoms with van der Waals surface area (Å²) in [5.41, 5.74) is 3.85. The van der Waals surface area contributed by atoms with Crippen molar-refractivity contribution >= 4 is 33.5 Å². The number of benzene rings is 2. The van der Waals surface area contributed by atoms with Crippen molar-refractivity contribution in [2.24, 2.45) is 0 Å². The van der Waals surface area contributed by atoms with Crippen LogP contribution in [0.3, 0.4) is 0 Å². The highest BCUT2D eigenvalue weighted by atomic mass is 32.1. The first-order valence-corrected chi connectivity index (χ1v) is 8.82. The van der Waals surface area contributed by atoms with Crippen molar-refractivity contribution in [3.8, 4) is 17.2 Å². The minimum Gasteiger partial charge on any atom is -0.494 e. The second kappa shape index (κ2) is 6.93. The Kier molecular flexibility index (Phi) is 4.32. The van der Waals surface area contributed by atoms with Gasteiger partial charge < -0.3 is 9.15 Å². The van der Waals surface area contributed by atoms with Gasteiger partial charge >= 0.3 is 6.01 Å². The number of thiazole rings is 1. The fourth-order valence-corrected chi connectivity index (χ4v) is 3.13. The van der Waals surface area contributed by atoms with Crippen molar-refractivity contribution in [2.75, 3.05) is 11.9 Å². The lowest BCUT2D eigenvalue weighted by atomic mass is 10.2. The molecule has 0 aliphatic heterocycles. The number of fused-ring (bicyclic) bond motifs is 1. The topological polar surface area (TPSA) is 90.1 Å². The van der Waals surface area contributed by atoms with E-state index in [4.69, 9.17) is 9.15 Å². The molecule has 0 radical (unpaired) electrons. The van der Waals surface area contributed by atoms with Gasteiger partial charge in [0.2, 0.25) is 5.89 Å². The van der Waals surface area contributed by atoms with Gasteiger partial charge in [-0.05, 0) is 49.4 Å². The monoisotopic (exact) mass is 366 g/mol. The summed E-state index contributed by atoms with van der Waals surface area (Å²) in [4.78, 5) is 16.6. The number of carbonyl (C=O) groups excluding carboxylic acids is 1. The molecule has 2 aromatic heterocycles. The number of carbonyl (C=O) groups is 1. The average molecular weight is 366 g/mol. The van der Waals surface area contributed by atoms with Crippen LogP contribution in [0.2, 0.25) is 0 Å². The van der Waals surface area contributed by atoms with Crippen molar-refractivity contribution in [2.45, 2.75) is 6.92 Å². The Labute approximate surface area is 152 Å². The smallest absolute Gasteiger partial charge is 0.322 e. The third kappa shape index (κ3) is 3.27. The number of hydrogen-bond acceptors (Lipinski definition) is 7. The lowest BCUT2D eigenvalue weighted by Crippen LogP contribution is -2.11. The van der Waals surface area contributed by atoms with Crippen LogP contribution in [0.4, 0.5) is 6.01 Å². The zero-order chi connectivity index (χ0) is 17.9. The van der Waals surface area contributed by atoms with Gasteiger partial charge in [-0.25, -0.2) is 4.98 Å². The quantitative estimate of drug-likeness (QED) is 0.574. The molecule has 4 rings (SSSR count). The van der Waals surface area contributed by atoms with Crippen molar-refractivity contribution in [3.63, 3.8) is 0 Å². The molecular formula is C18H14N4O3S. The fourth-order valence-electron chi connectivity index (χ4n) is 2.42. The van der Waals surface area contributed by atoms with Crippen LogP contribution in [-0.2, 0) is 0 Å². The van der Waals surface area contributed by atoms with E-state index in [1.165, 1.54) is 11.3 Å². The number of nitrogens with one attached hydrogen (secondary N) is 1. The maximum atomic E-state index is 12.4. The van der Waals surface area contributed by atoms with E-state index in [-0.39, 0.29) is 11.9 Å². The second-order valence-electron chi connectivity index (χ2n) is 5.36. The van der Waals surface area contributed by atoms with E-state index in [0.717, 1.165) is 21.5 Å². The van der Waals surface area contributed by atoms with Crippen LogP contribution in [0.25, 0.3) is 21.7 Å². The summed E-state index contributed by atoms with van der Waals surface area (Å²) < 4.78 is 11.9. The first-order chi connectivity index (χ1) is 12.7. The number of rotatable bonds is 5. The molecule has 8 heteroatoms. The molecule has 0 aliphatic carbocycles. The van der Waals surface area contributed by atoms with E-state index in [1.54, 1.807) is 23.7 Å². The summed E-state index contributed by atoms with van der Waals surface area (Å²) in [6.45, 7) is 2.52. The highest BCUT2D eigenvalue weighted by Gasteiger charge is 2.13. The van der Waals surface area contributed by atoms with Gasteiger partial charge in [0.05, 0.1) is 22.3 Å². The largest absolute Gasteiger partial charge is 0.494 e. The van der Waals surface area contributed by atoms with Crippen molar-refractivity contribution in [1.82, 2.24) is 15.2 Å². The number of nitrogens with zero attached hydrogens (tertiary/aromatic N) is 3. The molecule has 0 saturated carbocycles. The molecule has 0 atom stereocenters. The normalized spacial score (nSPS) is 10.8. The van der Waals surface area contributed by atoms with Gasteiger partial charge in [-0.3, -0.25) is 10.1 Å². The molecule has 2 heterocycles. The van der Waals surface area contributed by atoms with Gasteiger partial charge in [0.15, 0.2) is 0 Å². The molecule has 0 saturated heterocycles. The lowest BCUT2D eigenvalue weighted by molar-refractivity contribution is 0.102. The van der Waals surface area contributed by atoms with Crippen LogP contribution in [0.15, 0.2) is 52.4 Å². The Morgan fingerprint density at radius 2 is 2.04 bits per heavy atom. The molecular weight excluding hydrogens is 352 g/mol. The minimum absolute atomic E-state index is 0.0447. The summed E-state index contributed by atoms with van der Waals surface area (Å²) in [7, 11) is 0. The first kappa shape index (κ1) is 16.2. The van der Waals surface area contributed by atoms with E-state index in [9.17, 15) is 4.79 Å². The maximum Gasteiger partial charge on any atom is 0.322 e. The Hall–Kier alpha value is -3.26. The zero-order valence-corrected chi connectivity index (χ0v) is 14.6.